The number of rotatable bonds is 0. The van der Waals surface area contributed by atoms with E-state index in [4.69, 9.17) is 0 Å². The van der Waals surface area contributed by atoms with Crippen molar-refractivity contribution >= 4 is 0 Å². The third kappa shape index (κ3) is 2.05. The van der Waals surface area contributed by atoms with E-state index < -0.39 is 0 Å². The van der Waals surface area contributed by atoms with E-state index in [1.165, 1.54) is 38.8 Å². The SMILES string of the molecule is C[C@H]1CN(C)C2CCCCC2CN1. The van der Waals surface area contributed by atoms with E-state index in [0.717, 1.165) is 12.0 Å². The second kappa shape index (κ2) is 3.97. The minimum absolute atomic E-state index is 0.676. The highest BCUT2D eigenvalue weighted by molar-refractivity contribution is 4.88. The average molecular weight is 182 g/mol. The van der Waals surface area contributed by atoms with E-state index >= 15 is 0 Å². The molecule has 0 bridgehead atoms. The van der Waals surface area contributed by atoms with Crippen molar-refractivity contribution in [2.75, 3.05) is 20.1 Å². The summed E-state index contributed by atoms with van der Waals surface area (Å²) >= 11 is 0. The van der Waals surface area contributed by atoms with Crippen LogP contribution in [0.5, 0.6) is 0 Å². The first kappa shape index (κ1) is 9.47. The largest absolute Gasteiger partial charge is 0.313 e. The van der Waals surface area contributed by atoms with Crippen LogP contribution in [0, 0.1) is 5.92 Å². The Morgan fingerprint density at radius 1 is 1.23 bits per heavy atom. The first-order valence-electron chi connectivity index (χ1n) is 5.71. The van der Waals surface area contributed by atoms with Crippen LogP contribution in [0.2, 0.25) is 0 Å². The van der Waals surface area contributed by atoms with Crippen molar-refractivity contribution in [3.8, 4) is 0 Å². The zero-order chi connectivity index (χ0) is 9.26. The quantitative estimate of drug-likeness (QED) is 0.610. The lowest BCUT2D eigenvalue weighted by Crippen LogP contribution is -2.40. The van der Waals surface area contributed by atoms with Gasteiger partial charge in [0, 0.05) is 18.6 Å². The summed E-state index contributed by atoms with van der Waals surface area (Å²) in [7, 11) is 2.30. The van der Waals surface area contributed by atoms with Crippen LogP contribution in [0.3, 0.4) is 0 Å². The second-order valence-corrected chi connectivity index (χ2v) is 4.86. The van der Waals surface area contributed by atoms with E-state index in [1.807, 2.05) is 0 Å². The predicted molar refractivity (Wildman–Crippen MR) is 55.8 cm³/mol. The smallest absolute Gasteiger partial charge is 0.0166 e. The molecule has 1 saturated heterocycles. The minimum Gasteiger partial charge on any atom is -0.313 e. The Morgan fingerprint density at radius 3 is 2.85 bits per heavy atom. The van der Waals surface area contributed by atoms with Gasteiger partial charge in [0.25, 0.3) is 0 Å². The van der Waals surface area contributed by atoms with E-state index in [1.54, 1.807) is 0 Å². The summed E-state index contributed by atoms with van der Waals surface area (Å²) in [5.41, 5.74) is 0. The van der Waals surface area contributed by atoms with E-state index in [-0.39, 0.29) is 0 Å². The molecule has 1 N–H and O–H groups in total. The highest BCUT2D eigenvalue weighted by atomic mass is 15.2. The van der Waals surface area contributed by atoms with Crippen LogP contribution >= 0.6 is 0 Å². The van der Waals surface area contributed by atoms with Gasteiger partial charge < -0.3 is 10.2 Å². The predicted octanol–water partition coefficient (Wildman–Crippen LogP) is 1.47. The van der Waals surface area contributed by atoms with Gasteiger partial charge in [0.1, 0.15) is 0 Å². The highest BCUT2D eigenvalue weighted by Gasteiger charge is 2.31. The molecule has 76 valence electrons. The van der Waals surface area contributed by atoms with E-state index in [9.17, 15) is 0 Å². The van der Waals surface area contributed by atoms with Gasteiger partial charge in [-0.05, 0) is 39.3 Å². The molecule has 3 atom stereocenters. The van der Waals surface area contributed by atoms with Crippen molar-refractivity contribution in [1.29, 1.82) is 0 Å². The Labute approximate surface area is 81.7 Å². The number of nitrogens with zero attached hydrogens (tertiary/aromatic N) is 1. The Bertz CT molecular complexity index is 169. The fourth-order valence-corrected chi connectivity index (χ4v) is 2.99. The fraction of sp³-hybridized carbons (Fsp3) is 1.00. The van der Waals surface area contributed by atoms with Gasteiger partial charge in [-0.1, -0.05) is 12.8 Å². The third-order valence-corrected chi connectivity index (χ3v) is 3.73. The molecular weight excluding hydrogens is 160 g/mol. The maximum absolute atomic E-state index is 3.63. The van der Waals surface area contributed by atoms with Crippen molar-refractivity contribution in [3.05, 3.63) is 0 Å². The monoisotopic (exact) mass is 182 g/mol. The minimum atomic E-state index is 0.676. The lowest BCUT2D eigenvalue weighted by molar-refractivity contribution is 0.148. The topological polar surface area (TPSA) is 15.3 Å². The number of likely N-dealkylation sites (N-methyl/N-ethyl adjacent to an activating group) is 1. The van der Waals surface area contributed by atoms with Gasteiger partial charge in [-0.25, -0.2) is 0 Å². The molecule has 2 aliphatic rings. The number of fused-ring (bicyclic) bond motifs is 1. The maximum atomic E-state index is 3.63. The molecule has 0 aromatic carbocycles. The molecule has 1 saturated carbocycles. The van der Waals surface area contributed by atoms with Crippen LogP contribution < -0.4 is 5.32 Å². The van der Waals surface area contributed by atoms with Crippen LogP contribution in [0.25, 0.3) is 0 Å². The number of hydrogen-bond acceptors (Lipinski definition) is 2. The normalized spacial score (nSPS) is 42.5. The van der Waals surface area contributed by atoms with Crippen LogP contribution in [0.1, 0.15) is 32.6 Å². The van der Waals surface area contributed by atoms with Gasteiger partial charge in [0.05, 0.1) is 0 Å². The van der Waals surface area contributed by atoms with Crippen LogP contribution in [-0.2, 0) is 0 Å². The van der Waals surface area contributed by atoms with E-state index in [0.29, 0.717) is 6.04 Å². The first-order chi connectivity index (χ1) is 6.27. The van der Waals surface area contributed by atoms with E-state index in [2.05, 4.69) is 24.2 Å². The molecule has 0 aromatic heterocycles. The van der Waals surface area contributed by atoms with Crippen LogP contribution in [0.15, 0.2) is 0 Å². The highest BCUT2D eigenvalue weighted by Crippen LogP contribution is 2.28. The molecule has 2 heteroatoms. The fourth-order valence-electron chi connectivity index (χ4n) is 2.99. The second-order valence-electron chi connectivity index (χ2n) is 4.86. The first-order valence-corrected chi connectivity index (χ1v) is 5.71. The molecule has 1 aliphatic carbocycles. The molecule has 2 fully saturated rings. The molecule has 0 amide bonds. The Balaban J connectivity index is 2.03. The molecule has 2 nitrogen and oxygen atoms in total. The molecule has 13 heavy (non-hydrogen) atoms. The van der Waals surface area contributed by atoms with Gasteiger partial charge in [-0.15, -0.1) is 0 Å². The van der Waals surface area contributed by atoms with Crippen molar-refractivity contribution in [1.82, 2.24) is 10.2 Å². The molecule has 2 unspecified atom stereocenters. The standard InChI is InChI=1S/C11H22N2/c1-9-8-13(2)11-6-4-3-5-10(11)7-12-9/h9-12H,3-8H2,1-2H3/t9-,10?,11?/m0/s1. The molecule has 2 rings (SSSR count). The summed E-state index contributed by atoms with van der Waals surface area (Å²) in [5, 5.41) is 3.63. The Kier molecular flexibility index (Phi) is 2.89. The van der Waals surface area contributed by atoms with Crippen molar-refractivity contribution in [2.45, 2.75) is 44.7 Å². The van der Waals surface area contributed by atoms with Crippen molar-refractivity contribution in [2.24, 2.45) is 5.92 Å². The zero-order valence-corrected chi connectivity index (χ0v) is 8.92. The van der Waals surface area contributed by atoms with Crippen molar-refractivity contribution in [3.63, 3.8) is 0 Å². The van der Waals surface area contributed by atoms with Crippen LogP contribution in [-0.4, -0.2) is 37.1 Å². The summed E-state index contributed by atoms with van der Waals surface area (Å²) in [4.78, 5) is 2.58. The molecule has 1 aliphatic heterocycles. The van der Waals surface area contributed by atoms with Gasteiger partial charge in [-0.3, -0.25) is 0 Å². The maximum Gasteiger partial charge on any atom is 0.0166 e. The molecule has 0 aromatic rings. The van der Waals surface area contributed by atoms with Gasteiger partial charge >= 0.3 is 0 Å². The van der Waals surface area contributed by atoms with Gasteiger partial charge in [0.15, 0.2) is 0 Å². The number of hydrogen-bond donors (Lipinski definition) is 1. The molecular formula is C11H22N2. The van der Waals surface area contributed by atoms with Gasteiger partial charge in [-0.2, -0.15) is 0 Å². The zero-order valence-electron chi connectivity index (χ0n) is 8.92. The van der Waals surface area contributed by atoms with Gasteiger partial charge in [0.2, 0.25) is 0 Å². The summed E-state index contributed by atoms with van der Waals surface area (Å²) in [6, 6.07) is 1.54. The number of nitrogens with one attached hydrogen (secondary N) is 1. The van der Waals surface area contributed by atoms with Crippen molar-refractivity contribution < 1.29 is 0 Å². The molecule has 0 spiro atoms. The van der Waals surface area contributed by atoms with Crippen LogP contribution in [0.4, 0.5) is 0 Å². The average Bonchev–Trinajstić information content (AvgIpc) is 2.27. The summed E-state index contributed by atoms with van der Waals surface area (Å²) in [5.74, 6) is 0.920. The Hall–Kier alpha value is -0.0800. The molecule has 0 radical (unpaired) electrons. The third-order valence-electron chi connectivity index (χ3n) is 3.73. The lowest BCUT2D eigenvalue weighted by Gasteiger charge is -2.35. The molecule has 1 heterocycles. The Morgan fingerprint density at radius 2 is 2.00 bits per heavy atom. The summed E-state index contributed by atoms with van der Waals surface area (Å²) < 4.78 is 0. The summed E-state index contributed by atoms with van der Waals surface area (Å²) in [6.07, 6.45) is 5.76. The summed E-state index contributed by atoms with van der Waals surface area (Å²) in [6.45, 7) is 4.77. The lowest BCUT2D eigenvalue weighted by atomic mass is 9.84.